The third kappa shape index (κ3) is 7.85. The highest BCUT2D eigenvalue weighted by Gasteiger charge is 2.23. The number of amides is 1. The van der Waals surface area contributed by atoms with Crippen molar-refractivity contribution in [3.8, 4) is 34.4 Å². The molecule has 15 heteroatoms. The van der Waals surface area contributed by atoms with Gasteiger partial charge in [0, 0.05) is 50.2 Å². The number of aliphatic carboxylic acids is 1. The van der Waals surface area contributed by atoms with E-state index in [1.165, 1.54) is 34.4 Å². The number of methoxy groups -OCH3 is 2. The van der Waals surface area contributed by atoms with Gasteiger partial charge >= 0.3 is 16.2 Å². The summed E-state index contributed by atoms with van der Waals surface area (Å²) in [6.45, 7) is 1.47. The maximum absolute atomic E-state index is 12.5. The lowest BCUT2D eigenvalue weighted by molar-refractivity contribution is -0.132. The van der Waals surface area contributed by atoms with Crippen LogP contribution in [0.2, 0.25) is 0 Å². The molecule has 2 N–H and O–H groups in total. The fraction of sp³-hybridized carbons (Fsp3) is 0.367. The number of ether oxygens (including phenoxy) is 5. The van der Waals surface area contributed by atoms with Crippen molar-refractivity contribution >= 4 is 28.2 Å². The number of hydrogen-bond acceptors (Lipinski definition) is 10. The average Bonchev–Trinajstić information content (AvgIpc) is 3.63. The molecule has 2 aromatic carbocycles. The number of carboxylic acid groups (broad SMARTS) is 1. The summed E-state index contributed by atoms with van der Waals surface area (Å²) in [5, 5.41) is 10.2. The molecule has 3 aromatic rings. The molecule has 0 aliphatic carbocycles. The van der Waals surface area contributed by atoms with E-state index in [2.05, 4.69) is 4.98 Å². The molecular weight excluding hydrogens is 608 g/mol. The van der Waals surface area contributed by atoms with E-state index in [1.54, 1.807) is 41.1 Å². The molecule has 0 atom stereocenters. The number of benzene rings is 2. The molecule has 0 saturated carbocycles. The standard InChI is InChI=1S/C30H36N4O10S/c1-6-7-8-28-31-16-21(12-20(30(36)37)11-19-13-26-27(44-18-43-26)15-24(19)41-5)34(28)23-10-9-22(40-4)14-25(23)42-17-29(35)32-45(38,39)33(2)3/h9-10,12-16H,6-8,11,17-18H2,1-5H3,(H,32,35)(H,36,37)/b20-12+. The zero-order valence-corrected chi connectivity index (χ0v) is 26.5. The van der Waals surface area contributed by atoms with Crippen molar-refractivity contribution in [3.63, 3.8) is 0 Å². The van der Waals surface area contributed by atoms with Crippen molar-refractivity contribution in [1.29, 1.82) is 0 Å². The van der Waals surface area contributed by atoms with Crippen LogP contribution in [0.3, 0.4) is 0 Å². The largest absolute Gasteiger partial charge is 0.497 e. The van der Waals surface area contributed by atoms with Gasteiger partial charge in [-0.25, -0.2) is 14.5 Å². The Labute approximate surface area is 261 Å². The van der Waals surface area contributed by atoms with Crippen LogP contribution in [0.4, 0.5) is 0 Å². The molecule has 1 aromatic heterocycles. The van der Waals surface area contributed by atoms with Crippen LogP contribution < -0.4 is 28.4 Å². The van der Waals surface area contributed by atoms with Gasteiger partial charge < -0.3 is 28.8 Å². The van der Waals surface area contributed by atoms with Crippen LogP contribution in [0.1, 0.15) is 36.8 Å². The topological polar surface area (TPSA) is 168 Å². The minimum atomic E-state index is -4.02. The molecule has 14 nitrogen and oxygen atoms in total. The Balaban J connectivity index is 1.76. The summed E-state index contributed by atoms with van der Waals surface area (Å²) in [5.41, 5.74) is 1.51. The zero-order valence-electron chi connectivity index (χ0n) is 25.7. The van der Waals surface area contributed by atoms with Gasteiger partial charge in [-0.05, 0) is 30.7 Å². The quantitative estimate of drug-likeness (QED) is 0.234. The SMILES string of the molecule is CCCCc1ncc(/C=C(\Cc2cc3c(cc2OC)OCO3)C(=O)O)n1-c1ccc(OC)cc1OCC(=O)NS(=O)(=O)N(C)C. The maximum Gasteiger partial charge on any atom is 0.331 e. The molecule has 1 aliphatic heterocycles. The fourth-order valence-electron chi connectivity index (χ4n) is 4.49. The number of nitrogens with zero attached hydrogens (tertiary/aromatic N) is 3. The van der Waals surface area contributed by atoms with Crippen LogP contribution in [0, 0.1) is 0 Å². The molecular formula is C30H36N4O10S. The molecule has 0 radical (unpaired) electrons. The molecule has 4 rings (SSSR count). The Morgan fingerprint density at radius 2 is 1.84 bits per heavy atom. The van der Waals surface area contributed by atoms with E-state index in [0.717, 1.165) is 17.1 Å². The smallest absolute Gasteiger partial charge is 0.331 e. The Kier molecular flexibility index (Phi) is 10.6. The summed E-state index contributed by atoms with van der Waals surface area (Å²) < 4.78 is 56.3. The minimum Gasteiger partial charge on any atom is -0.497 e. The second kappa shape index (κ2) is 14.3. The third-order valence-corrected chi connectivity index (χ3v) is 8.31. The van der Waals surface area contributed by atoms with Crippen LogP contribution in [0.25, 0.3) is 11.8 Å². The molecule has 0 bridgehead atoms. The van der Waals surface area contributed by atoms with Crippen LogP contribution in [-0.2, 0) is 32.6 Å². The van der Waals surface area contributed by atoms with Crippen LogP contribution in [-0.4, -0.2) is 81.0 Å². The summed E-state index contributed by atoms with van der Waals surface area (Å²) in [7, 11) is 1.51. The highest BCUT2D eigenvalue weighted by Crippen LogP contribution is 2.39. The Morgan fingerprint density at radius 3 is 2.49 bits per heavy atom. The predicted molar refractivity (Wildman–Crippen MR) is 163 cm³/mol. The molecule has 0 spiro atoms. The number of rotatable bonds is 15. The van der Waals surface area contributed by atoms with Crippen molar-refractivity contribution in [2.75, 3.05) is 41.7 Å². The van der Waals surface area contributed by atoms with Crippen molar-refractivity contribution < 1.29 is 46.8 Å². The van der Waals surface area contributed by atoms with Crippen LogP contribution in [0.5, 0.6) is 28.7 Å². The molecule has 0 fully saturated rings. The van der Waals surface area contributed by atoms with Gasteiger partial charge in [0.25, 0.3) is 5.91 Å². The van der Waals surface area contributed by atoms with Crippen molar-refractivity contribution in [1.82, 2.24) is 18.6 Å². The van der Waals surface area contributed by atoms with Gasteiger partial charge in [0.05, 0.1) is 31.8 Å². The number of aryl methyl sites for hydroxylation is 1. The van der Waals surface area contributed by atoms with E-state index in [9.17, 15) is 23.1 Å². The van der Waals surface area contributed by atoms with E-state index in [1.807, 2.05) is 11.6 Å². The lowest BCUT2D eigenvalue weighted by Crippen LogP contribution is -2.41. The molecule has 2 heterocycles. The lowest BCUT2D eigenvalue weighted by atomic mass is 10.0. The summed E-state index contributed by atoms with van der Waals surface area (Å²) in [4.78, 5) is 29.6. The monoisotopic (exact) mass is 644 g/mol. The first-order valence-electron chi connectivity index (χ1n) is 14.0. The van der Waals surface area contributed by atoms with Gasteiger partial charge in [-0.1, -0.05) is 13.3 Å². The molecule has 0 unspecified atom stereocenters. The number of fused-ring (bicyclic) bond motifs is 1. The van der Waals surface area contributed by atoms with Crippen molar-refractivity contribution in [2.45, 2.75) is 32.6 Å². The fourth-order valence-corrected chi connectivity index (χ4v) is 5.02. The van der Waals surface area contributed by atoms with E-state index in [0.29, 0.717) is 52.2 Å². The second-order valence-corrected chi connectivity index (χ2v) is 12.0. The van der Waals surface area contributed by atoms with Crippen molar-refractivity contribution in [2.24, 2.45) is 0 Å². The molecule has 45 heavy (non-hydrogen) atoms. The molecule has 242 valence electrons. The summed E-state index contributed by atoms with van der Waals surface area (Å²) in [6, 6.07) is 8.28. The van der Waals surface area contributed by atoms with Crippen LogP contribution in [0.15, 0.2) is 42.1 Å². The van der Waals surface area contributed by atoms with E-state index < -0.39 is 28.7 Å². The highest BCUT2D eigenvalue weighted by atomic mass is 32.2. The van der Waals surface area contributed by atoms with Crippen LogP contribution >= 0.6 is 0 Å². The summed E-state index contributed by atoms with van der Waals surface area (Å²) in [6.07, 6.45) is 5.33. The number of hydrogen-bond donors (Lipinski definition) is 2. The van der Waals surface area contributed by atoms with E-state index >= 15 is 0 Å². The van der Waals surface area contributed by atoms with E-state index in [-0.39, 0.29) is 24.5 Å². The predicted octanol–water partition coefficient (Wildman–Crippen LogP) is 2.97. The Hall–Kier alpha value is -4.76. The second-order valence-electron chi connectivity index (χ2n) is 10.1. The number of nitrogens with one attached hydrogen (secondary N) is 1. The van der Waals surface area contributed by atoms with Gasteiger partial charge in [-0.3, -0.25) is 9.36 Å². The van der Waals surface area contributed by atoms with Gasteiger partial charge in [0.1, 0.15) is 23.1 Å². The number of carbonyl (C=O) groups excluding carboxylic acids is 1. The number of carbonyl (C=O) groups is 2. The number of unbranched alkanes of at least 4 members (excludes halogenated alkanes) is 1. The number of imidazole rings is 1. The number of carboxylic acids is 1. The normalized spacial score (nSPS) is 12.7. The first kappa shape index (κ1) is 33.1. The maximum atomic E-state index is 12.5. The zero-order chi connectivity index (χ0) is 32.7. The molecule has 0 saturated heterocycles. The van der Waals surface area contributed by atoms with Crippen molar-refractivity contribution in [3.05, 3.63) is 59.2 Å². The average molecular weight is 645 g/mol. The Morgan fingerprint density at radius 1 is 1.11 bits per heavy atom. The van der Waals surface area contributed by atoms with Gasteiger partial charge in [-0.2, -0.15) is 12.7 Å². The third-order valence-electron chi connectivity index (χ3n) is 6.86. The molecule has 1 amide bonds. The first-order valence-corrected chi connectivity index (χ1v) is 15.4. The lowest BCUT2D eigenvalue weighted by Gasteiger charge is -2.18. The highest BCUT2D eigenvalue weighted by molar-refractivity contribution is 7.87. The first-order chi connectivity index (χ1) is 21.5. The van der Waals surface area contributed by atoms with Gasteiger partial charge in [0.15, 0.2) is 18.1 Å². The minimum absolute atomic E-state index is 0.00287. The van der Waals surface area contributed by atoms with Gasteiger partial charge in [0.2, 0.25) is 6.79 Å². The summed E-state index contributed by atoms with van der Waals surface area (Å²) in [5.74, 6) is 0.643. The van der Waals surface area contributed by atoms with E-state index in [4.69, 9.17) is 23.7 Å². The summed E-state index contributed by atoms with van der Waals surface area (Å²) >= 11 is 0. The number of aromatic nitrogens is 2. The van der Waals surface area contributed by atoms with Gasteiger partial charge in [-0.15, -0.1) is 0 Å². The Bertz CT molecular complexity index is 1700. The molecule has 1 aliphatic rings.